The van der Waals surface area contributed by atoms with Crippen LogP contribution in [-0.4, -0.2) is 24.6 Å². The van der Waals surface area contributed by atoms with Crippen LogP contribution in [0.2, 0.25) is 0 Å². The number of ether oxygens (including phenoxy) is 1. The quantitative estimate of drug-likeness (QED) is 0.740. The Balaban J connectivity index is 2.44. The number of anilines is 1. The molecule has 0 aromatic carbocycles. The fourth-order valence-corrected chi connectivity index (χ4v) is 0.990. The first-order valence-electron chi connectivity index (χ1n) is 4.44. The topological polar surface area (TPSA) is 75.0 Å². The lowest BCUT2D eigenvalue weighted by Gasteiger charge is -2.03. The normalized spacial score (nSPS) is 9.07. The second kappa shape index (κ2) is 5.60. The number of nitrogens with zero attached hydrogens (tertiary/aromatic N) is 2. The highest BCUT2D eigenvalue weighted by atomic mass is 16.5. The Bertz CT molecular complexity index is 384. The van der Waals surface area contributed by atoms with Crippen molar-refractivity contribution in [2.75, 3.05) is 19.0 Å². The number of rotatable bonds is 4. The van der Waals surface area contributed by atoms with Crippen molar-refractivity contribution in [3.05, 3.63) is 23.9 Å². The maximum atomic E-state index is 10.8. The summed E-state index contributed by atoms with van der Waals surface area (Å²) >= 11 is 0. The monoisotopic (exact) mass is 205 g/mol. The standard InChI is InChI=1S/C10H11N3O2/c1-15-10(14)5-6-12-9-4-2-3-8(7-11)13-9/h2-4H,5-6H2,1H3,(H,12,13). The van der Waals surface area contributed by atoms with E-state index in [-0.39, 0.29) is 12.4 Å². The van der Waals surface area contributed by atoms with Gasteiger partial charge in [-0.15, -0.1) is 0 Å². The molecule has 0 aliphatic heterocycles. The zero-order valence-electron chi connectivity index (χ0n) is 8.36. The van der Waals surface area contributed by atoms with Crippen LogP contribution in [0, 0.1) is 11.3 Å². The van der Waals surface area contributed by atoms with Crippen LogP contribution < -0.4 is 5.32 Å². The van der Waals surface area contributed by atoms with E-state index in [0.717, 1.165) is 0 Å². The van der Waals surface area contributed by atoms with E-state index in [1.807, 2.05) is 6.07 Å². The Labute approximate surface area is 87.7 Å². The van der Waals surface area contributed by atoms with Crippen LogP contribution in [0.4, 0.5) is 5.82 Å². The van der Waals surface area contributed by atoms with E-state index in [9.17, 15) is 4.79 Å². The summed E-state index contributed by atoms with van der Waals surface area (Å²) in [4.78, 5) is 14.8. The van der Waals surface area contributed by atoms with E-state index in [0.29, 0.717) is 18.1 Å². The lowest BCUT2D eigenvalue weighted by Crippen LogP contribution is -2.10. The second-order valence-electron chi connectivity index (χ2n) is 2.77. The molecule has 1 rings (SSSR count). The predicted molar refractivity (Wildman–Crippen MR) is 54.1 cm³/mol. The van der Waals surface area contributed by atoms with Crippen molar-refractivity contribution in [1.29, 1.82) is 5.26 Å². The zero-order valence-corrected chi connectivity index (χ0v) is 8.36. The number of carbonyl (C=O) groups excluding carboxylic acids is 1. The van der Waals surface area contributed by atoms with Crippen molar-refractivity contribution < 1.29 is 9.53 Å². The van der Waals surface area contributed by atoms with Crippen LogP contribution in [0.5, 0.6) is 0 Å². The minimum absolute atomic E-state index is 0.273. The molecule has 0 aliphatic rings. The highest BCUT2D eigenvalue weighted by molar-refractivity contribution is 5.69. The van der Waals surface area contributed by atoms with E-state index in [1.54, 1.807) is 18.2 Å². The van der Waals surface area contributed by atoms with Gasteiger partial charge in [0.2, 0.25) is 0 Å². The number of pyridine rings is 1. The molecule has 0 spiro atoms. The number of esters is 1. The number of aromatic nitrogens is 1. The molecule has 0 fully saturated rings. The molecule has 1 aromatic rings. The van der Waals surface area contributed by atoms with Crippen molar-refractivity contribution >= 4 is 11.8 Å². The number of nitrogens with one attached hydrogen (secondary N) is 1. The van der Waals surface area contributed by atoms with Crippen LogP contribution in [0.15, 0.2) is 18.2 Å². The molecule has 0 radical (unpaired) electrons. The van der Waals surface area contributed by atoms with E-state index in [2.05, 4.69) is 15.0 Å². The van der Waals surface area contributed by atoms with E-state index < -0.39 is 0 Å². The van der Waals surface area contributed by atoms with E-state index in [1.165, 1.54) is 7.11 Å². The molecule has 78 valence electrons. The third kappa shape index (κ3) is 3.65. The van der Waals surface area contributed by atoms with E-state index in [4.69, 9.17) is 5.26 Å². The summed E-state index contributed by atoms with van der Waals surface area (Å²) in [5.74, 6) is 0.303. The first-order valence-corrected chi connectivity index (χ1v) is 4.44. The SMILES string of the molecule is COC(=O)CCNc1cccc(C#N)n1. The van der Waals surface area contributed by atoms with Gasteiger partial charge >= 0.3 is 5.97 Å². The summed E-state index contributed by atoms with van der Waals surface area (Å²) in [6, 6.07) is 7.01. The predicted octanol–water partition coefficient (Wildman–Crippen LogP) is 0.928. The third-order valence-electron chi connectivity index (χ3n) is 1.73. The first kappa shape index (κ1) is 11.0. The van der Waals surface area contributed by atoms with Crippen LogP contribution in [-0.2, 0) is 9.53 Å². The highest BCUT2D eigenvalue weighted by Gasteiger charge is 2.00. The Morgan fingerprint density at radius 3 is 3.13 bits per heavy atom. The van der Waals surface area contributed by atoms with Crippen molar-refractivity contribution in [2.24, 2.45) is 0 Å². The molecule has 0 bridgehead atoms. The summed E-state index contributed by atoms with van der Waals surface area (Å²) in [6.45, 7) is 0.439. The summed E-state index contributed by atoms with van der Waals surface area (Å²) < 4.78 is 4.48. The van der Waals surface area contributed by atoms with Crippen molar-refractivity contribution in [2.45, 2.75) is 6.42 Å². The van der Waals surface area contributed by atoms with Gasteiger partial charge in [0.15, 0.2) is 0 Å². The van der Waals surface area contributed by atoms with Gasteiger partial charge in [0, 0.05) is 6.54 Å². The minimum Gasteiger partial charge on any atom is -0.469 e. The first-order chi connectivity index (χ1) is 7.26. The Morgan fingerprint density at radius 1 is 1.67 bits per heavy atom. The molecule has 5 heteroatoms. The van der Waals surface area contributed by atoms with Gasteiger partial charge in [-0.2, -0.15) is 5.26 Å². The maximum Gasteiger partial charge on any atom is 0.307 e. The number of hydrogen-bond acceptors (Lipinski definition) is 5. The molecule has 0 amide bonds. The maximum absolute atomic E-state index is 10.8. The zero-order chi connectivity index (χ0) is 11.1. The Morgan fingerprint density at radius 2 is 2.47 bits per heavy atom. The van der Waals surface area contributed by atoms with Crippen LogP contribution >= 0.6 is 0 Å². The Hall–Kier alpha value is -2.09. The number of carbonyl (C=O) groups is 1. The molecule has 1 N–H and O–H groups in total. The number of nitriles is 1. The highest BCUT2D eigenvalue weighted by Crippen LogP contribution is 2.03. The van der Waals surface area contributed by atoms with Crippen LogP contribution in [0.25, 0.3) is 0 Å². The van der Waals surface area contributed by atoms with Gasteiger partial charge in [-0.1, -0.05) is 6.07 Å². The molecule has 1 heterocycles. The van der Waals surface area contributed by atoms with Gasteiger partial charge in [0.05, 0.1) is 13.5 Å². The number of methoxy groups -OCH3 is 1. The molecule has 0 aliphatic carbocycles. The summed E-state index contributed by atoms with van der Waals surface area (Å²) in [5.41, 5.74) is 0.345. The molecular weight excluding hydrogens is 194 g/mol. The lowest BCUT2D eigenvalue weighted by molar-refractivity contribution is -0.140. The van der Waals surface area contributed by atoms with Gasteiger partial charge in [-0.3, -0.25) is 4.79 Å². The van der Waals surface area contributed by atoms with Gasteiger partial charge in [0.1, 0.15) is 17.6 Å². The second-order valence-corrected chi connectivity index (χ2v) is 2.77. The summed E-state index contributed by atoms with van der Waals surface area (Å²) in [5, 5.41) is 11.5. The van der Waals surface area contributed by atoms with Crippen LogP contribution in [0.3, 0.4) is 0 Å². The fraction of sp³-hybridized carbons (Fsp3) is 0.300. The molecule has 15 heavy (non-hydrogen) atoms. The number of hydrogen-bond donors (Lipinski definition) is 1. The van der Waals surface area contributed by atoms with Gasteiger partial charge in [-0.25, -0.2) is 4.98 Å². The van der Waals surface area contributed by atoms with Crippen LogP contribution in [0.1, 0.15) is 12.1 Å². The average molecular weight is 205 g/mol. The molecule has 0 unspecified atom stereocenters. The van der Waals surface area contributed by atoms with Gasteiger partial charge in [-0.05, 0) is 12.1 Å². The van der Waals surface area contributed by atoms with Crippen molar-refractivity contribution in [3.8, 4) is 6.07 Å². The van der Waals surface area contributed by atoms with E-state index >= 15 is 0 Å². The summed E-state index contributed by atoms with van der Waals surface area (Å²) in [7, 11) is 1.34. The molecular formula is C10H11N3O2. The third-order valence-corrected chi connectivity index (χ3v) is 1.73. The lowest BCUT2D eigenvalue weighted by atomic mass is 10.3. The Kier molecular flexibility index (Phi) is 4.10. The molecule has 1 aromatic heterocycles. The van der Waals surface area contributed by atoms with Crippen molar-refractivity contribution in [3.63, 3.8) is 0 Å². The minimum atomic E-state index is -0.279. The smallest absolute Gasteiger partial charge is 0.307 e. The van der Waals surface area contributed by atoms with Gasteiger partial charge in [0.25, 0.3) is 0 Å². The molecule has 0 saturated heterocycles. The average Bonchev–Trinajstić information content (AvgIpc) is 2.29. The molecule has 0 saturated carbocycles. The summed E-state index contributed by atoms with van der Waals surface area (Å²) in [6.07, 6.45) is 0.273. The van der Waals surface area contributed by atoms with Crippen molar-refractivity contribution in [1.82, 2.24) is 4.98 Å². The molecule has 5 nitrogen and oxygen atoms in total. The van der Waals surface area contributed by atoms with Gasteiger partial charge < -0.3 is 10.1 Å². The molecule has 0 atom stereocenters. The fourth-order valence-electron chi connectivity index (χ4n) is 0.990. The largest absolute Gasteiger partial charge is 0.469 e.